The Morgan fingerprint density at radius 2 is 1.72 bits per heavy atom. The van der Waals surface area contributed by atoms with Gasteiger partial charge in [-0.05, 0) is 19.1 Å². The first kappa shape index (κ1) is 13.6. The maximum atomic E-state index is 10.9. The van der Waals surface area contributed by atoms with E-state index in [1.807, 2.05) is 0 Å². The van der Waals surface area contributed by atoms with E-state index in [2.05, 4.69) is 9.97 Å². The maximum absolute atomic E-state index is 10.9. The van der Waals surface area contributed by atoms with Crippen molar-refractivity contribution in [3.05, 3.63) is 48.0 Å². The van der Waals surface area contributed by atoms with E-state index < -0.39 is 5.97 Å². The van der Waals surface area contributed by atoms with Gasteiger partial charge in [-0.1, -0.05) is 0 Å². The van der Waals surface area contributed by atoms with Gasteiger partial charge >= 0.3 is 11.9 Å². The fraction of sp³-hybridized carbons (Fsp3) is 0.167. The van der Waals surface area contributed by atoms with Crippen molar-refractivity contribution in [2.45, 2.75) is 6.92 Å². The van der Waals surface area contributed by atoms with Crippen LogP contribution in [0.5, 0.6) is 0 Å². The van der Waals surface area contributed by atoms with Crippen molar-refractivity contribution < 1.29 is 19.4 Å². The van der Waals surface area contributed by atoms with Crippen LogP contribution in [0.4, 0.5) is 0 Å². The van der Waals surface area contributed by atoms with Crippen LogP contribution in [-0.2, 0) is 4.74 Å². The van der Waals surface area contributed by atoms with Gasteiger partial charge in [0.1, 0.15) is 0 Å². The number of carbonyl (C=O) groups is 2. The SMILES string of the molecule is CCOC(=O)c1cc[nH]c1.O=C(O)c1cc[nH]c1. The number of carbonyl (C=O) groups excluding carboxylic acids is 1. The molecule has 0 saturated heterocycles. The second-order valence-corrected chi connectivity index (χ2v) is 3.22. The number of carboxylic acids is 1. The predicted molar refractivity (Wildman–Crippen MR) is 64.5 cm³/mol. The molecule has 0 aliphatic carbocycles. The number of hydrogen-bond acceptors (Lipinski definition) is 3. The largest absolute Gasteiger partial charge is 0.478 e. The number of aromatic carboxylic acids is 1. The molecule has 0 bridgehead atoms. The molecular formula is C12H14N2O4. The molecule has 0 spiro atoms. The minimum atomic E-state index is -0.897. The third-order valence-electron chi connectivity index (χ3n) is 1.95. The van der Waals surface area contributed by atoms with Gasteiger partial charge in [-0.3, -0.25) is 0 Å². The molecule has 0 aromatic carbocycles. The lowest BCUT2D eigenvalue weighted by Crippen LogP contribution is -2.02. The van der Waals surface area contributed by atoms with Gasteiger partial charge in [0.05, 0.1) is 17.7 Å². The summed E-state index contributed by atoms with van der Waals surface area (Å²) < 4.78 is 4.73. The van der Waals surface area contributed by atoms with Crippen LogP contribution in [-0.4, -0.2) is 33.6 Å². The van der Waals surface area contributed by atoms with E-state index in [0.29, 0.717) is 17.7 Å². The third kappa shape index (κ3) is 4.17. The molecule has 0 unspecified atom stereocenters. The highest BCUT2D eigenvalue weighted by molar-refractivity contribution is 5.89. The van der Waals surface area contributed by atoms with E-state index in [9.17, 15) is 9.59 Å². The number of nitrogens with one attached hydrogen (secondary N) is 2. The Balaban J connectivity index is 0.000000184. The minimum absolute atomic E-state index is 0.274. The van der Waals surface area contributed by atoms with E-state index in [1.165, 1.54) is 12.3 Å². The lowest BCUT2D eigenvalue weighted by molar-refractivity contribution is 0.0526. The van der Waals surface area contributed by atoms with E-state index >= 15 is 0 Å². The van der Waals surface area contributed by atoms with Crippen LogP contribution < -0.4 is 0 Å². The average Bonchev–Trinajstić information content (AvgIpc) is 3.04. The van der Waals surface area contributed by atoms with Crippen LogP contribution in [0, 0.1) is 0 Å². The van der Waals surface area contributed by atoms with Gasteiger partial charge < -0.3 is 19.8 Å². The third-order valence-corrected chi connectivity index (χ3v) is 1.95. The second kappa shape index (κ2) is 6.95. The van der Waals surface area contributed by atoms with Crippen molar-refractivity contribution >= 4 is 11.9 Å². The molecule has 0 aliphatic heterocycles. The molecule has 2 aromatic rings. The van der Waals surface area contributed by atoms with Crippen molar-refractivity contribution in [1.82, 2.24) is 9.97 Å². The molecule has 0 radical (unpaired) electrons. The molecule has 0 amide bonds. The monoisotopic (exact) mass is 250 g/mol. The number of aromatic nitrogens is 2. The highest BCUT2D eigenvalue weighted by atomic mass is 16.5. The second-order valence-electron chi connectivity index (χ2n) is 3.22. The molecule has 3 N–H and O–H groups in total. The van der Waals surface area contributed by atoms with Crippen LogP contribution >= 0.6 is 0 Å². The summed E-state index contributed by atoms with van der Waals surface area (Å²) in [5, 5.41) is 8.25. The number of hydrogen-bond donors (Lipinski definition) is 3. The molecule has 6 nitrogen and oxygen atoms in total. The zero-order chi connectivity index (χ0) is 13.4. The Morgan fingerprint density at radius 3 is 2.06 bits per heavy atom. The standard InChI is InChI=1S/C7H9NO2.C5H5NO2/c1-2-10-7(9)6-3-4-8-5-6;7-5(8)4-1-2-6-3-4/h3-5,8H,2H2,1H3;1-3,6H,(H,7,8). The van der Waals surface area contributed by atoms with Crippen molar-refractivity contribution in [2.75, 3.05) is 6.61 Å². The average molecular weight is 250 g/mol. The zero-order valence-electron chi connectivity index (χ0n) is 9.84. The molecule has 0 fully saturated rings. The van der Waals surface area contributed by atoms with Crippen LogP contribution in [0.3, 0.4) is 0 Å². The van der Waals surface area contributed by atoms with Gasteiger partial charge in [0.25, 0.3) is 0 Å². The highest BCUT2D eigenvalue weighted by Gasteiger charge is 2.03. The van der Waals surface area contributed by atoms with Gasteiger partial charge in [-0.2, -0.15) is 0 Å². The topological polar surface area (TPSA) is 95.2 Å². The van der Waals surface area contributed by atoms with E-state index in [4.69, 9.17) is 9.84 Å². The van der Waals surface area contributed by atoms with Gasteiger partial charge in [0.2, 0.25) is 0 Å². The number of carboxylic acid groups (broad SMARTS) is 1. The lowest BCUT2D eigenvalue weighted by atomic mass is 10.3. The first-order valence-electron chi connectivity index (χ1n) is 5.31. The summed E-state index contributed by atoms with van der Waals surface area (Å²) in [6.07, 6.45) is 6.30. The van der Waals surface area contributed by atoms with Crippen LogP contribution in [0.15, 0.2) is 36.9 Å². The number of H-pyrrole nitrogens is 2. The number of rotatable bonds is 3. The summed E-state index contributed by atoms with van der Waals surface area (Å²) in [5.74, 6) is -1.17. The number of ether oxygens (including phenoxy) is 1. The first-order chi connectivity index (χ1) is 8.65. The summed E-state index contributed by atoms with van der Waals surface area (Å²) in [5.41, 5.74) is 0.867. The van der Waals surface area contributed by atoms with Crippen molar-refractivity contribution in [3.63, 3.8) is 0 Å². The predicted octanol–water partition coefficient (Wildman–Crippen LogP) is 1.90. The maximum Gasteiger partial charge on any atom is 0.339 e. The summed E-state index contributed by atoms with van der Waals surface area (Å²) in [6, 6.07) is 3.18. The molecule has 2 rings (SSSR count). The molecule has 6 heteroatoms. The van der Waals surface area contributed by atoms with Gasteiger partial charge in [-0.25, -0.2) is 9.59 Å². The van der Waals surface area contributed by atoms with E-state index in [0.717, 1.165) is 0 Å². The lowest BCUT2D eigenvalue weighted by Gasteiger charge is -1.95. The van der Waals surface area contributed by atoms with Crippen LogP contribution in [0.2, 0.25) is 0 Å². The molecule has 2 heterocycles. The van der Waals surface area contributed by atoms with Gasteiger partial charge in [0, 0.05) is 24.8 Å². The van der Waals surface area contributed by atoms with Crippen molar-refractivity contribution in [1.29, 1.82) is 0 Å². The Morgan fingerprint density at radius 1 is 1.17 bits per heavy atom. The first-order valence-corrected chi connectivity index (χ1v) is 5.31. The Kier molecular flexibility index (Phi) is 5.24. The highest BCUT2D eigenvalue weighted by Crippen LogP contribution is 1.98. The fourth-order valence-corrected chi connectivity index (χ4v) is 1.12. The summed E-state index contributed by atoms with van der Waals surface area (Å²) in [7, 11) is 0. The number of aromatic amines is 2. The Hall–Kier alpha value is -2.50. The summed E-state index contributed by atoms with van der Waals surface area (Å²) in [4.78, 5) is 26.3. The molecule has 0 aliphatic rings. The molecular weight excluding hydrogens is 236 g/mol. The summed E-state index contributed by atoms with van der Waals surface area (Å²) in [6.45, 7) is 2.20. The summed E-state index contributed by atoms with van der Waals surface area (Å²) >= 11 is 0. The smallest absolute Gasteiger partial charge is 0.339 e. The molecule has 2 aromatic heterocycles. The van der Waals surface area contributed by atoms with E-state index in [-0.39, 0.29) is 5.97 Å². The normalized spacial score (nSPS) is 9.17. The van der Waals surface area contributed by atoms with Crippen LogP contribution in [0.25, 0.3) is 0 Å². The zero-order valence-corrected chi connectivity index (χ0v) is 9.84. The van der Waals surface area contributed by atoms with E-state index in [1.54, 1.807) is 31.6 Å². The fourth-order valence-electron chi connectivity index (χ4n) is 1.12. The Labute approximate surface area is 104 Å². The van der Waals surface area contributed by atoms with Crippen molar-refractivity contribution in [2.24, 2.45) is 0 Å². The van der Waals surface area contributed by atoms with Gasteiger partial charge in [-0.15, -0.1) is 0 Å². The molecule has 18 heavy (non-hydrogen) atoms. The minimum Gasteiger partial charge on any atom is -0.478 e. The van der Waals surface area contributed by atoms with Crippen LogP contribution in [0.1, 0.15) is 27.6 Å². The quantitative estimate of drug-likeness (QED) is 0.725. The van der Waals surface area contributed by atoms with Gasteiger partial charge in [0.15, 0.2) is 0 Å². The van der Waals surface area contributed by atoms with Crippen molar-refractivity contribution in [3.8, 4) is 0 Å². The Bertz CT molecular complexity index is 474. The number of esters is 1. The molecule has 0 saturated carbocycles. The molecule has 96 valence electrons. The molecule has 0 atom stereocenters.